The zero-order valence-electron chi connectivity index (χ0n) is 20.0. The molecule has 1 unspecified atom stereocenters. The summed E-state index contributed by atoms with van der Waals surface area (Å²) in [5.74, 6) is -1.01. The first-order valence-corrected chi connectivity index (χ1v) is 12.6. The molecule has 2 aromatic carbocycles. The molecule has 9 heteroatoms. The molecule has 0 aliphatic carbocycles. The van der Waals surface area contributed by atoms with E-state index in [0.717, 1.165) is 5.56 Å². The van der Waals surface area contributed by atoms with Gasteiger partial charge in [-0.25, -0.2) is 8.78 Å². The molecule has 0 bridgehead atoms. The number of carbonyl (C=O) groups excluding carboxylic acids is 2. The number of methoxy groups -OCH3 is 1. The summed E-state index contributed by atoms with van der Waals surface area (Å²) in [6, 6.07) is 12.8. The van der Waals surface area contributed by atoms with Crippen LogP contribution in [-0.2, 0) is 16.0 Å². The molecule has 1 aliphatic heterocycles. The molecule has 0 saturated heterocycles. The maximum atomic E-state index is 13.6. The highest BCUT2D eigenvalue weighted by atomic mass is 32.1. The number of rotatable bonds is 10. The van der Waals surface area contributed by atoms with Crippen molar-refractivity contribution >= 4 is 23.2 Å². The van der Waals surface area contributed by atoms with E-state index in [4.69, 9.17) is 9.47 Å². The van der Waals surface area contributed by atoms with E-state index in [2.05, 4.69) is 0 Å². The number of carbonyl (C=O) groups is 2. The van der Waals surface area contributed by atoms with Crippen LogP contribution in [0.4, 0.5) is 8.78 Å². The fraction of sp³-hybridized carbons (Fsp3) is 0.333. The maximum Gasteiger partial charge on any atom is 0.254 e. The average Bonchev–Trinajstić information content (AvgIpc) is 3.36. The van der Waals surface area contributed by atoms with Gasteiger partial charge in [0.05, 0.1) is 6.04 Å². The van der Waals surface area contributed by atoms with Gasteiger partial charge >= 0.3 is 0 Å². The molecule has 3 aromatic rings. The lowest BCUT2D eigenvalue weighted by Crippen LogP contribution is -2.48. The molecule has 36 heavy (non-hydrogen) atoms. The topological polar surface area (TPSA) is 59.1 Å². The Balaban J connectivity index is 1.52. The summed E-state index contributed by atoms with van der Waals surface area (Å²) >= 11 is 1.64. The van der Waals surface area contributed by atoms with Crippen LogP contribution in [0.3, 0.4) is 0 Å². The summed E-state index contributed by atoms with van der Waals surface area (Å²) in [5.41, 5.74) is 1.32. The summed E-state index contributed by atoms with van der Waals surface area (Å²) < 4.78 is 38.0. The number of ether oxygens (including phenoxy) is 2. The van der Waals surface area contributed by atoms with E-state index in [-0.39, 0.29) is 31.0 Å². The Labute approximate surface area is 213 Å². The van der Waals surface area contributed by atoms with Gasteiger partial charge in [-0.3, -0.25) is 9.59 Å². The summed E-state index contributed by atoms with van der Waals surface area (Å²) in [7, 11) is 1.58. The van der Waals surface area contributed by atoms with Gasteiger partial charge in [-0.1, -0.05) is 6.07 Å². The standard InChI is InChI=1S/C27H28F2N2O4S/c1-34-14-3-12-30(27(33)19-6-8-20(28)9-7-19)17-26(32)31-13-10-25-23(11-15-36-25)24(31)18-35-22-5-2-4-21(29)16-22/h2,4-9,11,15-16,24H,3,10,12-14,17-18H2,1H3. The van der Waals surface area contributed by atoms with Crippen molar-refractivity contribution in [1.29, 1.82) is 0 Å². The molecule has 1 aliphatic rings. The van der Waals surface area contributed by atoms with Crippen LogP contribution in [0.15, 0.2) is 60.0 Å². The first-order chi connectivity index (χ1) is 17.5. The van der Waals surface area contributed by atoms with Crippen molar-refractivity contribution in [3.8, 4) is 5.75 Å². The van der Waals surface area contributed by atoms with Gasteiger partial charge < -0.3 is 19.3 Å². The van der Waals surface area contributed by atoms with E-state index in [1.165, 1.54) is 46.2 Å². The molecule has 2 heterocycles. The normalized spacial score (nSPS) is 14.9. The monoisotopic (exact) mass is 514 g/mol. The van der Waals surface area contributed by atoms with E-state index in [9.17, 15) is 18.4 Å². The van der Waals surface area contributed by atoms with Crippen molar-refractivity contribution < 1.29 is 27.8 Å². The molecule has 0 fully saturated rings. The van der Waals surface area contributed by atoms with Gasteiger partial charge in [0.15, 0.2) is 0 Å². The van der Waals surface area contributed by atoms with Crippen LogP contribution in [0.2, 0.25) is 0 Å². The van der Waals surface area contributed by atoms with Crippen LogP contribution in [0, 0.1) is 11.6 Å². The molecule has 6 nitrogen and oxygen atoms in total. The van der Waals surface area contributed by atoms with Gasteiger partial charge in [0.1, 0.15) is 30.5 Å². The van der Waals surface area contributed by atoms with Crippen molar-refractivity contribution in [3.63, 3.8) is 0 Å². The van der Waals surface area contributed by atoms with Crippen LogP contribution in [0.5, 0.6) is 5.75 Å². The predicted molar refractivity (Wildman–Crippen MR) is 133 cm³/mol. The third-order valence-corrected chi connectivity index (χ3v) is 7.10. The first-order valence-electron chi connectivity index (χ1n) is 11.7. The van der Waals surface area contributed by atoms with Crippen molar-refractivity contribution in [2.45, 2.75) is 18.9 Å². The van der Waals surface area contributed by atoms with Gasteiger partial charge in [-0.15, -0.1) is 11.3 Å². The number of nitrogens with zero attached hydrogens (tertiary/aromatic N) is 2. The molecule has 0 saturated carbocycles. The van der Waals surface area contributed by atoms with Gasteiger partial charge in [-0.2, -0.15) is 0 Å². The van der Waals surface area contributed by atoms with E-state index in [1.54, 1.807) is 35.5 Å². The van der Waals surface area contributed by atoms with Crippen LogP contribution < -0.4 is 4.74 Å². The lowest BCUT2D eigenvalue weighted by atomic mass is 10.0. The lowest BCUT2D eigenvalue weighted by Gasteiger charge is -2.37. The summed E-state index contributed by atoms with van der Waals surface area (Å²) in [6.07, 6.45) is 1.27. The molecule has 2 amide bonds. The van der Waals surface area contributed by atoms with Crippen LogP contribution in [-0.4, -0.2) is 61.6 Å². The SMILES string of the molecule is COCCCN(CC(=O)N1CCc2sccc2C1COc1cccc(F)c1)C(=O)c1ccc(F)cc1. The number of amides is 2. The molecule has 4 rings (SSSR count). The Hall–Kier alpha value is -3.30. The van der Waals surface area contributed by atoms with Gasteiger partial charge in [0.25, 0.3) is 5.91 Å². The lowest BCUT2D eigenvalue weighted by molar-refractivity contribution is -0.135. The Bertz CT molecular complexity index is 1180. The zero-order chi connectivity index (χ0) is 25.5. The highest BCUT2D eigenvalue weighted by Crippen LogP contribution is 2.34. The average molecular weight is 515 g/mol. The number of fused-ring (bicyclic) bond motifs is 1. The highest BCUT2D eigenvalue weighted by Gasteiger charge is 2.33. The number of hydrogen-bond donors (Lipinski definition) is 0. The van der Waals surface area contributed by atoms with E-state index >= 15 is 0 Å². The van der Waals surface area contributed by atoms with E-state index < -0.39 is 11.6 Å². The van der Waals surface area contributed by atoms with Crippen LogP contribution in [0.25, 0.3) is 0 Å². The molecule has 1 atom stereocenters. The van der Waals surface area contributed by atoms with Crippen molar-refractivity contribution in [1.82, 2.24) is 9.80 Å². The zero-order valence-corrected chi connectivity index (χ0v) is 20.8. The Morgan fingerprint density at radius 1 is 1.11 bits per heavy atom. The smallest absolute Gasteiger partial charge is 0.254 e. The predicted octanol–water partition coefficient (Wildman–Crippen LogP) is 4.71. The molecule has 0 radical (unpaired) electrons. The van der Waals surface area contributed by atoms with Crippen molar-refractivity contribution in [2.75, 3.05) is 40.0 Å². The largest absolute Gasteiger partial charge is 0.491 e. The molecule has 0 N–H and O–H groups in total. The maximum absolute atomic E-state index is 13.6. The highest BCUT2D eigenvalue weighted by molar-refractivity contribution is 7.10. The van der Waals surface area contributed by atoms with Crippen molar-refractivity contribution in [2.24, 2.45) is 0 Å². The minimum Gasteiger partial charge on any atom is -0.491 e. The second-order valence-electron chi connectivity index (χ2n) is 8.50. The number of benzene rings is 2. The molecule has 1 aromatic heterocycles. The third-order valence-electron chi connectivity index (χ3n) is 6.10. The Morgan fingerprint density at radius 2 is 1.92 bits per heavy atom. The summed E-state index contributed by atoms with van der Waals surface area (Å²) in [6.45, 7) is 1.27. The quantitative estimate of drug-likeness (QED) is 0.368. The fourth-order valence-electron chi connectivity index (χ4n) is 4.29. The van der Waals surface area contributed by atoms with E-state index in [1.807, 2.05) is 11.4 Å². The minimum absolute atomic E-state index is 0.129. The first kappa shape index (κ1) is 25.8. The fourth-order valence-corrected chi connectivity index (χ4v) is 5.22. The number of thiophene rings is 1. The van der Waals surface area contributed by atoms with Gasteiger partial charge in [0, 0.05) is 43.3 Å². The van der Waals surface area contributed by atoms with Gasteiger partial charge in [0.2, 0.25) is 5.91 Å². The minimum atomic E-state index is -0.436. The van der Waals surface area contributed by atoms with Crippen molar-refractivity contribution in [3.05, 3.63) is 87.6 Å². The van der Waals surface area contributed by atoms with Crippen LogP contribution >= 0.6 is 11.3 Å². The van der Waals surface area contributed by atoms with Crippen LogP contribution in [0.1, 0.15) is 33.3 Å². The number of hydrogen-bond acceptors (Lipinski definition) is 5. The second-order valence-corrected chi connectivity index (χ2v) is 9.50. The second kappa shape index (κ2) is 12.1. The molecular formula is C27H28F2N2O4S. The Kier molecular flexibility index (Phi) is 8.66. The Morgan fingerprint density at radius 3 is 2.67 bits per heavy atom. The molecule has 0 spiro atoms. The number of halogens is 2. The van der Waals surface area contributed by atoms with E-state index in [0.29, 0.717) is 43.9 Å². The molecular weight excluding hydrogens is 486 g/mol. The van der Waals surface area contributed by atoms with Gasteiger partial charge in [-0.05, 0) is 66.2 Å². The third kappa shape index (κ3) is 6.27. The molecule has 190 valence electrons. The summed E-state index contributed by atoms with van der Waals surface area (Å²) in [5, 5.41) is 1.99. The summed E-state index contributed by atoms with van der Waals surface area (Å²) in [4.78, 5) is 31.1.